The highest BCUT2D eigenvalue weighted by molar-refractivity contribution is 5.48. The highest BCUT2D eigenvalue weighted by Crippen LogP contribution is 1.82. The number of anilines is 1. The van der Waals surface area contributed by atoms with Crippen LogP contribution >= 0.6 is 0 Å². The van der Waals surface area contributed by atoms with Gasteiger partial charge in [0.1, 0.15) is 0 Å². The predicted octanol–water partition coefficient (Wildman–Crippen LogP) is -1.73. The summed E-state index contributed by atoms with van der Waals surface area (Å²) in [4.78, 5) is 9.64. The van der Waals surface area contributed by atoms with Crippen LogP contribution in [0.4, 0.5) is 5.95 Å². The second-order valence-electron chi connectivity index (χ2n) is 1.14. The van der Waals surface area contributed by atoms with Gasteiger partial charge in [0.25, 0.3) is 5.95 Å². The summed E-state index contributed by atoms with van der Waals surface area (Å²) in [6, 6.07) is 0. The van der Waals surface area contributed by atoms with Crippen molar-refractivity contribution < 1.29 is 4.79 Å². The standard InChI is InChI=1S/C2H4N6O/c9-1-3-4-2-5-7-8-6-2/h1H,(H,3,9)(H2,4,5,6,7,8). The molecule has 0 unspecified atom stereocenters. The Morgan fingerprint density at radius 3 is 3.11 bits per heavy atom. The number of carbonyl (C=O) groups is 1. The topological polar surface area (TPSA) is 95.6 Å². The van der Waals surface area contributed by atoms with Gasteiger partial charge in [-0.05, 0) is 10.4 Å². The van der Waals surface area contributed by atoms with Crippen molar-refractivity contribution in [3.8, 4) is 0 Å². The first kappa shape index (κ1) is 5.48. The van der Waals surface area contributed by atoms with E-state index < -0.39 is 0 Å². The molecule has 0 aliphatic heterocycles. The van der Waals surface area contributed by atoms with Crippen LogP contribution in [0.5, 0.6) is 0 Å². The molecule has 3 N–H and O–H groups in total. The quantitative estimate of drug-likeness (QED) is 0.332. The van der Waals surface area contributed by atoms with E-state index >= 15 is 0 Å². The van der Waals surface area contributed by atoms with Crippen LogP contribution in [0.3, 0.4) is 0 Å². The maximum Gasteiger partial charge on any atom is 0.259 e. The molecule has 0 aliphatic carbocycles. The minimum absolute atomic E-state index is 0.294. The summed E-state index contributed by atoms with van der Waals surface area (Å²) in [6.45, 7) is 0. The lowest BCUT2D eigenvalue weighted by atomic mass is 11.1. The molecule has 0 atom stereocenters. The second-order valence-corrected chi connectivity index (χ2v) is 1.14. The molecule has 0 aromatic carbocycles. The molecule has 0 fully saturated rings. The first-order valence-corrected chi connectivity index (χ1v) is 2.12. The van der Waals surface area contributed by atoms with E-state index in [0.717, 1.165) is 0 Å². The number of aromatic amines is 1. The van der Waals surface area contributed by atoms with Gasteiger partial charge >= 0.3 is 0 Å². The zero-order valence-electron chi connectivity index (χ0n) is 4.33. The van der Waals surface area contributed by atoms with Crippen molar-refractivity contribution in [3.63, 3.8) is 0 Å². The zero-order chi connectivity index (χ0) is 6.53. The molecule has 0 radical (unpaired) electrons. The Hall–Kier alpha value is -1.66. The second kappa shape index (κ2) is 2.60. The van der Waals surface area contributed by atoms with E-state index in [1.165, 1.54) is 0 Å². The van der Waals surface area contributed by atoms with E-state index in [2.05, 4.69) is 31.5 Å². The molecule has 7 nitrogen and oxygen atoms in total. The van der Waals surface area contributed by atoms with E-state index in [0.29, 0.717) is 12.4 Å². The monoisotopic (exact) mass is 128 g/mol. The molecule has 0 spiro atoms. The molecule has 48 valence electrons. The highest BCUT2D eigenvalue weighted by Gasteiger charge is 1.88. The van der Waals surface area contributed by atoms with E-state index in [1.807, 2.05) is 0 Å². The van der Waals surface area contributed by atoms with Gasteiger partial charge in [0.2, 0.25) is 6.41 Å². The number of hydrazine groups is 1. The van der Waals surface area contributed by atoms with Crippen molar-refractivity contribution >= 4 is 12.4 Å². The Kier molecular flexibility index (Phi) is 1.58. The average molecular weight is 128 g/mol. The summed E-state index contributed by atoms with van der Waals surface area (Å²) in [5.74, 6) is 0.294. The van der Waals surface area contributed by atoms with Gasteiger partial charge in [0.05, 0.1) is 0 Å². The number of rotatable bonds is 3. The van der Waals surface area contributed by atoms with Gasteiger partial charge < -0.3 is 0 Å². The number of nitrogens with one attached hydrogen (secondary N) is 3. The van der Waals surface area contributed by atoms with Crippen LogP contribution in [0.25, 0.3) is 0 Å². The van der Waals surface area contributed by atoms with Crippen LogP contribution in [0.15, 0.2) is 0 Å². The molecule has 7 heteroatoms. The SMILES string of the molecule is O=CNNc1nnn[nH]1. The molecule has 1 aromatic heterocycles. The minimum atomic E-state index is 0.294. The molecular weight excluding hydrogens is 124 g/mol. The number of nitrogens with zero attached hydrogens (tertiary/aromatic N) is 3. The Morgan fingerprint density at radius 2 is 2.56 bits per heavy atom. The first-order chi connectivity index (χ1) is 4.43. The van der Waals surface area contributed by atoms with Crippen molar-refractivity contribution in [3.05, 3.63) is 0 Å². The fourth-order valence-corrected chi connectivity index (χ4v) is 0.310. The normalized spacial score (nSPS) is 8.44. The predicted molar refractivity (Wildman–Crippen MR) is 27.0 cm³/mol. The number of carbonyl (C=O) groups excluding carboxylic acids is 1. The van der Waals surface area contributed by atoms with Crippen molar-refractivity contribution in [2.45, 2.75) is 0 Å². The molecule has 0 aliphatic rings. The Bertz CT molecular complexity index is 169. The van der Waals surface area contributed by atoms with Gasteiger partial charge in [0, 0.05) is 0 Å². The highest BCUT2D eigenvalue weighted by atomic mass is 16.1. The molecule has 1 rings (SSSR count). The number of tetrazole rings is 1. The van der Waals surface area contributed by atoms with Gasteiger partial charge in [-0.3, -0.25) is 15.6 Å². The minimum Gasteiger partial charge on any atom is -0.277 e. The third kappa shape index (κ3) is 1.37. The summed E-state index contributed by atoms with van der Waals surface area (Å²) in [6.07, 6.45) is 0.475. The molecule has 0 saturated carbocycles. The summed E-state index contributed by atoms with van der Waals surface area (Å²) >= 11 is 0. The molecule has 1 heterocycles. The van der Waals surface area contributed by atoms with Crippen LogP contribution in [-0.2, 0) is 4.79 Å². The Balaban J connectivity index is 2.38. The molecular formula is C2H4N6O. The summed E-state index contributed by atoms with van der Waals surface area (Å²) in [5, 5.41) is 12.2. The number of aromatic nitrogens is 4. The lowest BCUT2D eigenvalue weighted by Gasteiger charge is -1.93. The molecule has 9 heavy (non-hydrogen) atoms. The van der Waals surface area contributed by atoms with Crippen LogP contribution in [0.2, 0.25) is 0 Å². The average Bonchev–Trinajstić information content (AvgIpc) is 2.34. The number of hydrogen-bond donors (Lipinski definition) is 3. The van der Waals surface area contributed by atoms with E-state index in [1.54, 1.807) is 0 Å². The Morgan fingerprint density at radius 1 is 1.67 bits per heavy atom. The lowest BCUT2D eigenvalue weighted by Crippen LogP contribution is -2.19. The number of hydrogen-bond acceptors (Lipinski definition) is 5. The van der Waals surface area contributed by atoms with Crippen LogP contribution in [-0.4, -0.2) is 27.0 Å². The number of H-pyrrole nitrogens is 1. The van der Waals surface area contributed by atoms with E-state index in [9.17, 15) is 4.79 Å². The summed E-state index contributed by atoms with van der Waals surface area (Å²) in [5.41, 5.74) is 4.51. The first-order valence-electron chi connectivity index (χ1n) is 2.12. The third-order valence-electron chi connectivity index (χ3n) is 0.595. The maximum atomic E-state index is 9.64. The van der Waals surface area contributed by atoms with Gasteiger partial charge in [0.15, 0.2) is 0 Å². The maximum absolute atomic E-state index is 9.64. The van der Waals surface area contributed by atoms with Crippen molar-refractivity contribution in [1.29, 1.82) is 0 Å². The molecule has 1 aromatic rings. The largest absolute Gasteiger partial charge is 0.277 e. The fraction of sp³-hybridized carbons (Fsp3) is 0. The third-order valence-corrected chi connectivity index (χ3v) is 0.595. The molecule has 1 amide bonds. The summed E-state index contributed by atoms with van der Waals surface area (Å²) in [7, 11) is 0. The fourth-order valence-electron chi connectivity index (χ4n) is 0.310. The van der Waals surface area contributed by atoms with E-state index in [-0.39, 0.29) is 0 Å². The van der Waals surface area contributed by atoms with Crippen molar-refractivity contribution in [2.24, 2.45) is 0 Å². The van der Waals surface area contributed by atoms with Crippen molar-refractivity contribution in [2.75, 3.05) is 5.43 Å². The van der Waals surface area contributed by atoms with Gasteiger partial charge in [-0.25, -0.2) is 5.10 Å². The van der Waals surface area contributed by atoms with Crippen LogP contribution < -0.4 is 10.9 Å². The number of amides is 1. The lowest BCUT2D eigenvalue weighted by molar-refractivity contribution is -0.109. The van der Waals surface area contributed by atoms with Crippen LogP contribution in [0.1, 0.15) is 0 Å². The van der Waals surface area contributed by atoms with Gasteiger partial charge in [-0.1, -0.05) is 5.10 Å². The van der Waals surface area contributed by atoms with Gasteiger partial charge in [-0.15, -0.1) is 0 Å². The zero-order valence-corrected chi connectivity index (χ0v) is 4.33. The molecule has 0 bridgehead atoms. The molecule has 0 saturated heterocycles. The van der Waals surface area contributed by atoms with E-state index in [4.69, 9.17) is 0 Å². The Labute approximate surface area is 49.8 Å². The summed E-state index contributed by atoms with van der Waals surface area (Å²) < 4.78 is 0. The van der Waals surface area contributed by atoms with Gasteiger partial charge in [-0.2, -0.15) is 0 Å². The van der Waals surface area contributed by atoms with Crippen molar-refractivity contribution in [1.82, 2.24) is 26.0 Å². The van der Waals surface area contributed by atoms with Crippen LogP contribution in [0, 0.1) is 0 Å². The smallest absolute Gasteiger partial charge is 0.259 e.